The highest BCUT2D eigenvalue weighted by Crippen LogP contribution is 2.25. The van der Waals surface area contributed by atoms with Gasteiger partial charge >= 0.3 is 0 Å². The monoisotopic (exact) mass is 332 g/mol. The minimum Gasteiger partial charge on any atom is -0.467 e. The summed E-state index contributed by atoms with van der Waals surface area (Å²) in [7, 11) is 0. The summed E-state index contributed by atoms with van der Waals surface area (Å²) in [5.74, 6) is -1.51. The standard InChI is InChI=1S/C16H14F2N4O2/c1-11(22-10-19-9-20-22)16(23)21(8-13-3-2-6-24-13)15-5-4-12(17)7-14(15)18/h2-7,9-11H,8H2,1H3/t11-/m1/s1. The Labute approximate surface area is 136 Å². The molecule has 2 heterocycles. The number of carbonyl (C=O) groups is 1. The second-order valence-corrected chi connectivity index (χ2v) is 5.15. The second-order valence-electron chi connectivity index (χ2n) is 5.15. The van der Waals surface area contributed by atoms with E-state index in [1.54, 1.807) is 19.1 Å². The summed E-state index contributed by atoms with van der Waals surface area (Å²) in [5.41, 5.74) is -0.0373. The Bertz CT molecular complexity index is 819. The zero-order chi connectivity index (χ0) is 17.1. The van der Waals surface area contributed by atoms with E-state index in [4.69, 9.17) is 4.42 Å². The Morgan fingerprint density at radius 2 is 2.21 bits per heavy atom. The second kappa shape index (κ2) is 6.61. The molecule has 0 N–H and O–H groups in total. The number of hydrogen-bond acceptors (Lipinski definition) is 4. The number of nitrogens with zero attached hydrogens (tertiary/aromatic N) is 4. The van der Waals surface area contributed by atoms with Gasteiger partial charge < -0.3 is 9.32 Å². The van der Waals surface area contributed by atoms with Crippen molar-refractivity contribution in [3.63, 3.8) is 0 Å². The number of hydrogen-bond donors (Lipinski definition) is 0. The number of amides is 1. The maximum absolute atomic E-state index is 14.2. The lowest BCUT2D eigenvalue weighted by Crippen LogP contribution is -2.36. The SMILES string of the molecule is C[C@H](C(=O)N(Cc1ccco1)c1ccc(F)cc1F)n1cncn1. The van der Waals surface area contributed by atoms with Crippen molar-refractivity contribution in [1.29, 1.82) is 0 Å². The van der Waals surface area contributed by atoms with Crippen LogP contribution in [0.15, 0.2) is 53.7 Å². The van der Waals surface area contributed by atoms with E-state index >= 15 is 0 Å². The van der Waals surface area contributed by atoms with Gasteiger partial charge in [0.2, 0.25) is 0 Å². The van der Waals surface area contributed by atoms with Crippen LogP contribution in [0.4, 0.5) is 14.5 Å². The van der Waals surface area contributed by atoms with Crippen LogP contribution in [0.2, 0.25) is 0 Å². The van der Waals surface area contributed by atoms with Crippen molar-refractivity contribution in [1.82, 2.24) is 14.8 Å². The van der Waals surface area contributed by atoms with Gasteiger partial charge in [-0.25, -0.2) is 18.4 Å². The predicted molar refractivity (Wildman–Crippen MR) is 81.0 cm³/mol. The van der Waals surface area contributed by atoms with E-state index in [-0.39, 0.29) is 12.2 Å². The van der Waals surface area contributed by atoms with E-state index in [0.717, 1.165) is 12.1 Å². The maximum atomic E-state index is 14.2. The number of rotatable bonds is 5. The topological polar surface area (TPSA) is 64.2 Å². The van der Waals surface area contributed by atoms with E-state index in [2.05, 4.69) is 10.1 Å². The number of aromatic nitrogens is 3. The molecule has 0 saturated heterocycles. The Morgan fingerprint density at radius 1 is 1.38 bits per heavy atom. The van der Waals surface area contributed by atoms with Gasteiger partial charge in [0.25, 0.3) is 5.91 Å². The number of furan rings is 1. The van der Waals surface area contributed by atoms with Crippen molar-refractivity contribution < 1.29 is 18.0 Å². The molecular formula is C16H14F2N4O2. The van der Waals surface area contributed by atoms with Crippen molar-refractivity contribution in [2.75, 3.05) is 4.90 Å². The van der Waals surface area contributed by atoms with Crippen molar-refractivity contribution in [2.24, 2.45) is 0 Å². The van der Waals surface area contributed by atoms with Crippen LogP contribution in [0.5, 0.6) is 0 Å². The largest absolute Gasteiger partial charge is 0.467 e. The fraction of sp³-hybridized carbons (Fsp3) is 0.188. The minimum atomic E-state index is -0.833. The maximum Gasteiger partial charge on any atom is 0.252 e. The first kappa shape index (κ1) is 15.9. The van der Waals surface area contributed by atoms with E-state index in [9.17, 15) is 13.6 Å². The molecule has 0 fully saturated rings. The predicted octanol–water partition coefficient (Wildman–Crippen LogP) is 2.94. The first-order valence-electron chi connectivity index (χ1n) is 7.19. The van der Waals surface area contributed by atoms with Gasteiger partial charge in [-0.2, -0.15) is 5.10 Å². The third kappa shape index (κ3) is 3.17. The van der Waals surface area contributed by atoms with Gasteiger partial charge in [0, 0.05) is 6.07 Å². The molecule has 1 atom stereocenters. The van der Waals surface area contributed by atoms with Crippen LogP contribution in [0, 0.1) is 11.6 Å². The lowest BCUT2D eigenvalue weighted by atomic mass is 10.2. The molecule has 0 bridgehead atoms. The van der Waals surface area contributed by atoms with Crippen molar-refractivity contribution in [2.45, 2.75) is 19.5 Å². The zero-order valence-electron chi connectivity index (χ0n) is 12.8. The third-order valence-electron chi connectivity index (χ3n) is 3.55. The molecular weight excluding hydrogens is 318 g/mol. The summed E-state index contributed by atoms with van der Waals surface area (Å²) in [6.07, 6.45) is 4.16. The molecule has 0 spiro atoms. The molecule has 6 nitrogen and oxygen atoms in total. The molecule has 0 radical (unpaired) electrons. The van der Waals surface area contributed by atoms with Gasteiger partial charge in [-0.1, -0.05) is 0 Å². The fourth-order valence-electron chi connectivity index (χ4n) is 2.30. The molecule has 0 unspecified atom stereocenters. The van der Waals surface area contributed by atoms with Crippen LogP contribution < -0.4 is 4.90 Å². The number of benzene rings is 1. The smallest absolute Gasteiger partial charge is 0.252 e. The molecule has 124 valence electrons. The Kier molecular flexibility index (Phi) is 4.37. The van der Waals surface area contributed by atoms with E-state index in [1.807, 2.05) is 0 Å². The van der Waals surface area contributed by atoms with Crippen molar-refractivity contribution in [3.05, 3.63) is 66.6 Å². The molecule has 1 aromatic carbocycles. The molecule has 8 heteroatoms. The number of carbonyl (C=O) groups excluding carboxylic acids is 1. The van der Waals surface area contributed by atoms with Gasteiger partial charge in [-0.3, -0.25) is 4.79 Å². The van der Waals surface area contributed by atoms with Crippen LogP contribution in [0.3, 0.4) is 0 Å². The summed E-state index contributed by atoms with van der Waals surface area (Å²) in [6, 6.07) is 5.67. The zero-order valence-corrected chi connectivity index (χ0v) is 12.8. The quantitative estimate of drug-likeness (QED) is 0.720. The molecule has 3 aromatic rings. The van der Waals surface area contributed by atoms with Crippen molar-refractivity contribution >= 4 is 11.6 Å². The Morgan fingerprint density at radius 3 is 2.83 bits per heavy atom. The van der Waals surface area contributed by atoms with Crippen LogP contribution in [-0.4, -0.2) is 20.7 Å². The molecule has 2 aromatic heterocycles. The average molecular weight is 332 g/mol. The lowest BCUT2D eigenvalue weighted by Gasteiger charge is -2.25. The van der Waals surface area contributed by atoms with E-state index < -0.39 is 23.6 Å². The van der Waals surface area contributed by atoms with Crippen molar-refractivity contribution in [3.8, 4) is 0 Å². The average Bonchev–Trinajstić information content (AvgIpc) is 3.25. The first-order chi connectivity index (χ1) is 11.6. The molecule has 0 aliphatic carbocycles. The highest BCUT2D eigenvalue weighted by molar-refractivity contribution is 5.95. The fourth-order valence-corrected chi connectivity index (χ4v) is 2.30. The van der Waals surface area contributed by atoms with Crippen LogP contribution in [-0.2, 0) is 11.3 Å². The number of halogens is 2. The molecule has 1 amide bonds. The molecule has 0 aliphatic heterocycles. The molecule has 0 aliphatic rings. The normalized spacial score (nSPS) is 12.1. The summed E-state index contributed by atoms with van der Waals surface area (Å²) in [4.78, 5) is 17.8. The van der Waals surface area contributed by atoms with Gasteiger partial charge in [0.15, 0.2) is 0 Å². The molecule has 24 heavy (non-hydrogen) atoms. The summed E-state index contributed by atoms with van der Waals surface area (Å²) < 4.78 is 34.0. The van der Waals surface area contributed by atoms with Gasteiger partial charge in [-0.05, 0) is 31.2 Å². The van der Waals surface area contributed by atoms with Crippen LogP contribution in [0.25, 0.3) is 0 Å². The Hall–Kier alpha value is -3.03. The summed E-state index contributed by atoms with van der Waals surface area (Å²) >= 11 is 0. The third-order valence-corrected chi connectivity index (χ3v) is 3.55. The van der Waals surface area contributed by atoms with Crippen LogP contribution >= 0.6 is 0 Å². The minimum absolute atomic E-state index is 0.00736. The van der Waals surface area contributed by atoms with Gasteiger partial charge in [0.05, 0.1) is 18.5 Å². The summed E-state index contributed by atoms with van der Waals surface area (Å²) in [6.45, 7) is 1.63. The highest BCUT2D eigenvalue weighted by atomic mass is 19.1. The number of anilines is 1. The lowest BCUT2D eigenvalue weighted by molar-refractivity contribution is -0.121. The summed E-state index contributed by atoms with van der Waals surface area (Å²) in [5, 5.41) is 3.93. The van der Waals surface area contributed by atoms with Crippen LogP contribution in [0.1, 0.15) is 18.7 Å². The molecule has 0 saturated carbocycles. The van der Waals surface area contributed by atoms with Gasteiger partial charge in [-0.15, -0.1) is 0 Å². The highest BCUT2D eigenvalue weighted by Gasteiger charge is 2.27. The van der Waals surface area contributed by atoms with E-state index in [0.29, 0.717) is 5.76 Å². The first-order valence-corrected chi connectivity index (χ1v) is 7.19. The Balaban J connectivity index is 1.96. The van der Waals surface area contributed by atoms with Gasteiger partial charge in [0.1, 0.15) is 36.1 Å². The van der Waals surface area contributed by atoms with E-state index in [1.165, 1.54) is 34.6 Å². The molecule has 3 rings (SSSR count).